The largest absolute Gasteiger partial charge is 0.494 e. The van der Waals surface area contributed by atoms with Crippen molar-refractivity contribution < 1.29 is 14.6 Å². The smallest absolute Gasteiger partial charge is 0.222 e. The predicted molar refractivity (Wildman–Crippen MR) is 85.0 cm³/mol. The van der Waals surface area contributed by atoms with Gasteiger partial charge in [0.2, 0.25) is 5.91 Å². The molecular formula is C18H25NO3. The van der Waals surface area contributed by atoms with Crippen LogP contribution in [0.4, 0.5) is 0 Å². The van der Waals surface area contributed by atoms with Gasteiger partial charge in [0.05, 0.1) is 12.7 Å². The van der Waals surface area contributed by atoms with Crippen LogP contribution in [-0.4, -0.2) is 41.7 Å². The lowest BCUT2D eigenvalue weighted by atomic mass is 10.1. The zero-order chi connectivity index (χ0) is 15.4. The minimum atomic E-state index is -0.229. The van der Waals surface area contributed by atoms with Crippen LogP contribution in [0.1, 0.15) is 43.2 Å². The SMILES string of the molecule is O=C(CCCOc1ccc2c(c1)CCC2)N1CCC(O)CC1. The number of benzene rings is 1. The molecule has 1 aliphatic carbocycles. The second kappa shape index (κ2) is 7.14. The molecule has 0 radical (unpaired) electrons. The number of aliphatic hydroxyl groups excluding tert-OH is 1. The molecule has 4 nitrogen and oxygen atoms in total. The molecule has 3 rings (SSSR count). The lowest BCUT2D eigenvalue weighted by molar-refractivity contribution is -0.133. The number of hydrogen-bond donors (Lipinski definition) is 1. The fourth-order valence-corrected chi connectivity index (χ4v) is 3.32. The van der Waals surface area contributed by atoms with Crippen molar-refractivity contribution in [3.05, 3.63) is 29.3 Å². The first kappa shape index (κ1) is 15.3. The summed E-state index contributed by atoms with van der Waals surface area (Å²) in [6.45, 7) is 1.96. The minimum Gasteiger partial charge on any atom is -0.494 e. The second-order valence-corrected chi connectivity index (χ2v) is 6.35. The maximum atomic E-state index is 12.1. The van der Waals surface area contributed by atoms with Crippen LogP contribution in [0.15, 0.2) is 18.2 Å². The normalized spacial score (nSPS) is 18.3. The summed E-state index contributed by atoms with van der Waals surface area (Å²) < 4.78 is 5.78. The summed E-state index contributed by atoms with van der Waals surface area (Å²) in [5, 5.41) is 9.46. The molecule has 1 N–H and O–H groups in total. The number of carbonyl (C=O) groups excluding carboxylic acids is 1. The number of likely N-dealkylation sites (tertiary alicyclic amines) is 1. The average Bonchev–Trinajstić information content (AvgIpc) is 2.99. The molecule has 0 aromatic heterocycles. The van der Waals surface area contributed by atoms with E-state index in [-0.39, 0.29) is 12.0 Å². The summed E-state index contributed by atoms with van der Waals surface area (Å²) in [6, 6.07) is 6.36. The van der Waals surface area contributed by atoms with Crippen LogP contribution in [-0.2, 0) is 17.6 Å². The number of rotatable bonds is 5. The van der Waals surface area contributed by atoms with Gasteiger partial charge in [-0.1, -0.05) is 6.07 Å². The molecule has 22 heavy (non-hydrogen) atoms. The third kappa shape index (κ3) is 3.80. The number of amides is 1. The first-order valence-corrected chi connectivity index (χ1v) is 8.43. The number of piperidine rings is 1. The molecule has 120 valence electrons. The number of aliphatic hydroxyl groups is 1. The Morgan fingerprint density at radius 1 is 1.23 bits per heavy atom. The Bertz CT molecular complexity index is 521. The van der Waals surface area contributed by atoms with Gasteiger partial charge >= 0.3 is 0 Å². The van der Waals surface area contributed by atoms with Gasteiger partial charge in [-0.05, 0) is 61.8 Å². The van der Waals surface area contributed by atoms with E-state index in [2.05, 4.69) is 12.1 Å². The van der Waals surface area contributed by atoms with Gasteiger partial charge < -0.3 is 14.7 Å². The van der Waals surface area contributed by atoms with E-state index in [9.17, 15) is 9.90 Å². The van der Waals surface area contributed by atoms with Crippen molar-refractivity contribution in [2.24, 2.45) is 0 Å². The monoisotopic (exact) mass is 303 g/mol. The average molecular weight is 303 g/mol. The zero-order valence-electron chi connectivity index (χ0n) is 13.1. The van der Waals surface area contributed by atoms with E-state index in [1.807, 2.05) is 11.0 Å². The number of carbonyl (C=O) groups is 1. The molecule has 0 bridgehead atoms. The fourth-order valence-electron chi connectivity index (χ4n) is 3.32. The predicted octanol–water partition coefficient (Wildman–Crippen LogP) is 2.32. The van der Waals surface area contributed by atoms with Gasteiger partial charge in [-0.2, -0.15) is 0 Å². The van der Waals surface area contributed by atoms with Crippen molar-refractivity contribution >= 4 is 5.91 Å². The lowest BCUT2D eigenvalue weighted by Gasteiger charge is -2.29. The summed E-state index contributed by atoms with van der Waals surface area (Å²) in [6.07, 6.45) is 6.05. The first-order chi connectivity index (χ1) is 10.7. The molecule has 1 fully saturated rings. The molecule has 1 aromatic rings. The van der Waals surface area contributed by atoms with Crippen LogP contribution in [0.2, 0.25) is 0 Å². The molecule has 2 aliphatic rings. The molecule has 1 saturated heterocycles. The van der Waals surface area contributed by atoms with Gasteiger partial charge in [0.15, 0.2) is 0 Å². The summed E-state index contributed by atoms with van der Waals surface area (Å²) in [7, 11) is 0. The van der Waals surface area contributed by atoms with E-state index in [0.717, 1.165) is 18.6 Å². The van der Waals surface area contributed by atoms with Gasteiger partial charge in [0.1, 0.15) is 5.75 Å². The molecule has 4 heteroatoms. The molecule has 0 spiro atoms. The summed E-state index contributed by atoms with van der Waals surface area (Å²) in [4.78, 5) is 13.9. The highest BCUT2D eigenvalue weighted by atomic mass is 16.5. The maximum absolute atomic E-state index is 12.1. The number of hydrogen-bond acceptors (Lipinski definition) is 3. The van der Waals surface area contributed by atoms with Crippen LogP contribution in [0.5, 0.6) is 5.75 Å². The summed E-state index contributed by atoms with van der Waals surface area (Å²) in [5.41, 5.74) is 2.87. The highest BCUT2D eigenvalue weighted by Gasteiger charge is 2.20. The topological polar surface area (TPSA) is 49.8 Å². The van der Waals surface area contributed by atoms with Crippen molar-refractivity contribution in [1.82, 2.24) is 4.90 Å². The Labute approximate surface area is 132 Å². The Hall–Kier alpha value is -1.55. The van der Waals surface area contributed by atoms with Gasteiger partial charge in [-0.25, -0.2) is 0 Å². The van der Waals surface area contributed by atoms with Crippen LogP contribution >= 0.6 is 0 Å². The van der Waals surface area contributed by atoms with E-state index in [0.29, 0.717) is 39.0 Å². The van der Waals surface area contributed by atoms with Gasteiger partial charge in [0.25, 0.3) is 0 Å². The van der Waals surface area contributed by atoms with Crippen LogP contribution < -0.4 is 4.74 Å². The van der Waals surface area contributed by atoms with E-state index >= 15 is 0 Å². The van der Waals surface area contributed by atoms with Crippen molar-refractivity contribution in [3.8, 4) is 5.75 Å². The van der Waals surface area contributed by atoms with E-state index < -0.39 is 0 Å². The van der Waals surface area contributed by atoms with E-state index in [4.69, 9.17) is 4.74 Å². The van der Waals surface area contributed by atoms with Crippen molar-refractivity contribution in [2.75, 3.05) is 19.7 Å². The second-order valence-electron chi connectivity index (χ2n) is 6.35. The minimum absolute atomic E-state index is 0.185. The molecule has 0 unspecified atom stereocenters. The van der Waals surface area contributed by atoms with E-state index in [1.165, 1.54) is 24.0 Å². The quantitative estimate of drug-likeness (QED) is 0.849. The zero-order valence-corrected chi connectivity index (χ0v) is 13.1. The number of aryl methyl sites for hydroxylation is 2. The molecule has 0 atom stereocenters. The highest BCUT2D eigenvalue weighted by Crippen LogP contribution is 2.26. The van der Waals surface area contributed by atoms with Crippen molar-refractivity contribution in [3.63, 3.8) is 0 Å². The van der Waals surface area contributed by atoms with E-state index in [1.54, 1.807) is 0 Å². The Balaban J connectivity index is 1.37. The molecule has 1 heterocycles. The van der Waals surface area contributed by atoms with Crippen LogP contribution in [0.3, 0.4) is 0 Å². The highest BCUT2D eigenvalue weighted by molar-refractivity contribution is 5.76. The van der Waals surface area contributed by atoms with Crippen molar-refractivity contribution in [1.29, 1.82) is 0 Å². The first-order valence-electron chi connectivity index (χ1n) is 8.43. The standard InChI is InChI=1S/C18H25NO3/c20-16-8-10-19(11-9-16)18(21)5-2-12-22-17-7-6-14-3-1-4-15(14)13-17/h6-7,13,16,20H,1-5,8-12H2. The lowest BCUT2D eigenvalue weighted by Crippen LogP contribution is -2.40. The Kier molecular flexibility index (Phi) is 4.98. The third-order valence-electron chi connectivity index (χ3n) is 4.69. The molecular weight excluding hydrogens is 278 g/mol. The molecule has 1 aliphatic heterocycles. The fraction of sp³-hybridized carbons (Fsp3) is 0.611. The van der Waals surface area contributed by atoms with Gasteiger partial charge in [-0.15, -0.1) is 0 Å². The van der Waals surface area contributed by atoms with Crippen LogP contribution in [0, 0.1) is 0 Å². The number of fused-ring (bicyclic) bond motifs is 1. The molecule has 1 amide bonds. The summed E-state index contributed by atoms with van der Waals surface area (Å²) >= 11 is 0. The third-order valence-corrected chi connectivity index (χ3v) is 4.69. The van der Waals surface area contributed by atoms with Crippen LogP contribution in [0.25, 0.3) is 0 Å². The van der Waals surface area contributed by atoms with Crippen molar-refractivity contribution in [2.45, 2.75) is 51.0 Å². The Morgan fingerprint density at radius 2 is 2.00 bits per heavy atom. The number of ether oxygens (including phenoxy) is 1. The molecule has 1 aromatic carbocycles. The molecule has 0 saturated carbocycles. The maximum Gasteiger partial charge on any atom is 0.222 e. The van der Waals surface area contributed by atoms with Gasteiger partial charge in [-0.3, -0.25) is 4.79 Å². The number of nitrogens with zero attached hydrogens (tertiary/aromatic N) is 1. The summed E-state index contributed by atoms with van der Waals surface area (Å²) in [5.74, 6) is 1.11. The van der Waals surface area contributed by atoms with Gasteiger partial charge in [0, 0.05) is 19.5 Å². The Morgan fingerprint density at radius 3 is 2.82 bits per heavy atom.